The number of carbonyl (C=O) groups is 2. The molecule has 4 fully saturated rings. The van der Waals surface area contributed by atoms with Gasteiger partial charge in [-0.2, -0.15) is 5.06 Å². The molecule has 3 saturated carbocycles. The predicted octanol–water partition coefficient (Wildman–Crippen LogP) is 5.71. The fraction of sp³-hybridized carbons (Fsp3) is 0.524. The van der Waals surface area contributed by atoms with Crippen LogP contribution in [0.25, 0.3) is 11.1 Å². The van der Waals surface area contributed by atoms with E-state index >= 15 is 0 Å². The highest BCUT2D eigenvalue weighted by Crippen LogP contribution is 2.61. The number of aliphatic hydroxyl groups is 2. The first-order valence-corrected chi connectivity index (χ1v) is 19.1. The van der Waals surface area contributed by atoms with Crippen molar-refractivity contribution in [2.75, 3.05) is 39.3 Å². The highest BCUT2D eigenvalue weighted by molar-refractivity contribution is 6.31. The van der Waals surface area contributed by atoms with Crippen molar-refractivity contribution in [2.24, 2.45) is 29.1 Å². The Morgan fingerprint density at radius 1 is 1.11 bits per heavy atom. The van der Waals surface area contributed by atoms with Crippen LogP contribution in [-0.4, -0.2) is 85.7 Å². The van der Waals surface area contributed by atoms with Crippen LogP contribution in [-0.2, 0) is 22.6 Å². The van der Waals surface area contributed by atoms with E-state index in [2.05, 4.69) is 31.4 Å². The molecule has 4 N–H and O–H groups in total. The van der Waals surface area contributed by atoms with Crippen LogP contribution in [0.1, 0.15) is 62.0 Å². The van der Waals surface area contributed by atoms with Crippen molar-refractivity contribution in [3.63, 3.8) is 0 Å². The van der Waals surface area contributed by atoms with Gasteiger partial charge in [0.1, 0.15) is 17.9 Å². The monoisotopic (exact) mass is 746 g/mol. The van der Waals surface area contributed by atoms with Gasteiger partial charge < -0.3 is 30.5 Å². The molecule has 7 rings (SSSR count). The number of fused-ring (bicyclic) bond motifs is 2. The first-order valence-electron chi connectivity index (χ1n) is 18.8. The Morgan fingerprint density at radius 2 is 1.85 bits per heavy atom. The first kappa shape index (κ1) is 39.0. The number of aliphatic hydroxyl groups excluding tert-OH is 2. The molecule has 53 heavy (non-hydrogen) atoms. The molecular formula is C42H55ClN4O6. The van der Waals surface area contributed by atoms with E-state index < -0.39 is 24.2 Å². The van der Waals surface area contributed by atoms with Crippen LogP contribution < -0.4 is 20.3 Å². The van der Waals surface area contributed by atoms with Gasteiger partial charge in [-0.15, -0.1) is 0 Å². The predicted molar refractivity (Wildman–Crippen MR) is 208 cm³/mol. The molecule has 1 heterocycles. The lowest BCUT2D eigenvalue weighted by Crippen LogP contribution is -2.62. The minimum atomic E-state index is -0.924. The number of halogens is 1. The zero-order chi connectivity index (χ0) is 38.2. The van der Waals surface area contributed by atoms with E-state index in [0.717, 1.165) is 23.2 Å². The maximum Gasteiger partial charge on any atom is 0.251 e. The summed E-state index contributed by atoms with van der Waals surface area (Å²) in [6, 6.07) is 18.4. The molecule has 0 aromatic heterocycles. The molecule has 2 amide bonds. The summed E-state index contributed by atoms with van der Waals surface area (Å²) < 4.78 is 6.05. The lowest BCUT2D eigenvalue weighted by Gasteiger charge is -2.62. The van der Waals surface area contributed by atoms with Gasteiger partial charge in [-0.25, -0.2) is 0 Å². The van der Waals surface area contributed by atoms with Crippen LogP contribution in [0.5, 0.6) is 5.75 Å². The van der Waals surface area contributed by atoms with Crippen molar-refractivity contribution >= 4 is 29.1 Å². The summed E-state index contributed by atoms with van der Waals surface area (Å²) >= 11 is 6.80. The number of hydroxylamine groups is 2. The van der Waals surface area contributed by atoms with Crippen molar-refractivity contribution in [3.05, 3.63) is 82.4 Å². The molecule has 1 aliphatic heterocycles. The molecule has 3 aliphatic carbocycles. The number of nitrogens with one attached hydrogen (secondary N) is 2. The number of nitrogens with zero attached hydrogens (tertiary/aromatic N) is 2. The Morgan fingerprint density at radius 3 is 2.47 bits per heavy atom. The molecule has 3 aromatic carbocycles. The summed E-state index contributed by atoms with van der Waals surface area (Å²) in [5.74, 6) is 0.828. The topological polar surface area (TPSA) is 124 Å². The van der Waals surface area contributed by atoms with Crippen molar-refractivity contribution in [3.8, 4) is 16.9 Å². The standard InChI is InChI=1S/C42H55ClN4O6/c1-24-34-19-30(42(34,3)4)20-35(24)45-41(51)38-37(25(2)49)36(23-48)53-47(38)22-29-16-31(43)21-33(39(29)52-7)27-15-28(18-32(17-27)46(5)6)40(50)44-14-13-26-11-9-8-10-12-26/h8-12,15-18,21,24-25,30,34-38,48-49H,13-14,19-20,22-23H2,1-7H3,(H,44,50)(H,45,51)/t24-,25-,30+,34-,35-,36-,37+,38?/m0/s1. The summed E-state index contributed by atoms with van der Waals surface area (Å²) in [6.07, 6.45) is 1.11. The van der Waals surface area contributed by atoms with E-state index in [1.165, 1.54) is 6.42 Å². The van der Waals surface area contributed by atoms with Gasteiger partial charge in [0.15, 0.2) is 0 Å². The van der Waals surface area contributed by atoms with Crippen LogP contribution in [0.15, 0.2) is 60.7 Å². The fourth-order valence-corrected chi connectivity index (χ4v) is 9.34. The molecule has 286 valence electrons. The molecule has 1 unspecified atom stereocenters. The molecule has 1 saturated heterocycles. The molecular weight excluding hydrogens is 692 g/mol. The van der Waals surface area contributed by atoms with E-state index in [1.807, 2.05) is 67.5 Å². The molecule has 3 aromatic rings. The second kappa shape index (κ2) is 16.0. The van der Waals surface area contributed by atoms with E-state index in [4.69, 9.17) is 21.2 Å². The van der Waals surface area contributed by atoms with Gasteiger partial charge >= 0.3 is 0 Å². The minimum Gasteiger partial charge on any atom is -0.496 e. The van der Waals surface area contributed by atoms with Crippen molar-refractivity contribution in [1.82, 2.24) is 15.7 Å². The van der Waals surface area contributed by atoms with Crippen LogP contribution >= 0.6 is 11.6 Å². The summed E-state index contributed by atoms with van der Waals surface area (Å²) in [6.45, 7) is 8.73. The molecule has 10 nitrogen and oxygen atoms in total. The van der Waals surface area contributed by atoms with Gasteiger partial charge in [-0.05, 0) is 90.8 Å². The Balaban J connectivity index is 1.29. The van der Waals surface area contributed by atoms with Crippen LogP contribution in [0.4, 0.5) is 5.69 Å². The Kier molecular flexibility index (Phi) is 11.8. The largest absolute Gasteiger partial charge is 0.496 e. The second-order valence-corrected chi connectivity index (χ2v) is 16.5. The molecule has 0 spiro atoms. The molecule has 11 heteroatoms. The SMILES string of the molecule is COc1c(CN2O[C@@H](CO)[C@@H]([C@H](C)O)C2C(=O)N[C@H]2C[C@H]3C[C@@H]([C@@H]2C)C3(C)C)cc(Cl)cc1-c1cc(C(=O)NCCc2ccccc2)cc(N(C)C)c1. The quantitative estimate of drug-likeness (QED) is 0.175. The van der Waals surface area contributed by atoms with Crippen molar-refractivity contribution in [1.29, 1.82) is 0 Å². The van der Waals surface area contributed by atoms with Crippen LogP contribution in [0, 0.1) is 29.1 Å². The number of hydrogen-bond donors (Lipinski definition) is 4. The maximum absolute atomic E-state index is 14.3. The number of rotatable bonds is 13. The van der Waals surface area contributed by atoms with E-state index in [0.29, 0.717) is 58.2 Å². The third-order valence-corrected chi connectivity index (χ3v) is 12.5. The Hall–Kier alpha value is -3.67. The summed E-state index contributed by atoms with van der Waals surface area (Å²) in [4.78, 5) is 35.9. The van der Waals surface area contributed by atoms with Crippen molar-refractivity contribution < 1.29 is 29.4 Å². The average Bonchev–Trinajstić information content (AvgIpc) is 3.50. The van der Waals surface area contributed by atoms with Crippen LogP contribution in [0.2, 0.25) is 5.02 Å². The third-order valence-electron chi connectivity index (χ3n) is 12.3. The summed E-state index contributed by atoms with van der Waals surface area (Å²) in [7, 11) is 5.41. The number of ether oxygens (including phenoxy) is 1. The first-order chi connectivity index (χ1) is 25.2. The van der Waals surface area contributed by atoms with E-state index in [1.54, 1.807) is 31.2 Å². The van der Waals surface area contributed by atoms with Gasteiger partial charge in [0.05, 0.1) is 26.4 Å². The Bertz CT molecular complexity index is 1780. The number of benzene rings is 3. The molecule has 8 atom stereocenters. The zero-order valence-electron chi connectivity index (χ0n) is 31.9. The van der Waals surface area contributed by atoms with E-state index in [9.17, 15) is 19.8 Å². The van der Waals surface area contributed by atoms with Crippen molar-refractivity contribution in [2.45, 2.75) is 77.8 Å². The smallest absolute Gasteiger partial charge is 0.251 e. The van der Waals surface area contributed by atoms with Gasteiger partial charge in [-0.1, -0.05) is 62.7 Å². The number of methoxy groups -OCH3 is 1. The fourth-order valence-electron chi connectivity index (χ4n) is 9.10. The van der Waals surface area contributed by atoms with Gasteiger partial charge in [-0.3, -0.25) is 14.4 Å². The third kappa shape index (κ3) is 7.94. The zero-order valence-corrected chi connectivity index (χ0v) is 32.7. The minimum absolute atomic E-state index is 0.0185. The lowest BCUT2D eigenvalue weighted by atomic mass is 9.45. The second-order valence-electron chi connectivity index (χ2n) is 16.0. The number of hydrogen-bond acceptors (Lipinski definition) is 8. The highest BCUT2D eigenvalue weighted by atomic mass is 35.5. The molecule has 2 bridgehead atoms. The number of amides is 2. The van der Waals surface area contributed by atoms with E-state index in [-0.39, 0.29) is 36.4 Å². The van der Waals surface area contributed by atoms with Crippen LogP contribution in [0.3, 0.4) is 0 Å². The van der Waals surface area contributed by atoms with Gasteiger partial charge in [0.25, 0.3) is 5.91 Å². The summed E-state index contributed by atoms with van der Waals surface area (Å²) in [5.41, 5.74) is 4.77. The normalized spacial score (nSPS) is 26.7. The lowest BCUT2D eigenvalue weighted by molar-refractivity contribution is -0.183. The highest BCUT2D eigenvalue weighted by Gasteiger charge is 2.57. The van der Waals surface area contributed by atoms with Gasteiger partial charge in [0.2, 0.25) is 5.91 Å². The Labute approximate surface area is 318 Å². The maximum atomic E-state index is 14.3. The molecule has 4 aliphatic rings. The number of carbonyl (C=O) groups excluding carboxylic acids is 2. The number of anilines is 1. The summed E-state index contributed by atoms with van der Waals surface area (Å²) in [5, 5.41) is 29.7. The van der Waals surface area contributed by atoms with Gasteiger partial charge in [0, 0.05) is 60.0 Å². The average molecular weight is 747 g/mol. The molecule has 0 radical (unpaired) electrons.